The Hall–Kier alpha value is -3.08. The van der Waals surface area contributed by atoms with E-state index in [1.165, 1.54) is 24.2 Å². The van der Waals surface area contributed by atoms with E-state index in [-0.39, 0.29) is 5.91 Å². The first-order chi connectivity index (χ1) is 15.4. The van der Waals surface area contributed by atoms with Gasteiger partial charge >= 0.3 is 6.18 Å². The van der Waals surface area contributed by atoms with E-state index in [0.717, 1.165) is 23.0 Å². The average Bonchev–Trinajstić information content (AvgIpc) is 3.20. The van der Waals surface area contributed by atoms with Crippen molar-refractivity contribution in [3.05, 3.63) is 65.6 Å². The van der Waals surface area contributed by atoms with Crippen LogP contribution in [-0.2, 0) is 11.9 Å². The summed E-state index contributed by atoms with van der Waals surface area (Å²) in [5.41, 5.74) is 0.911. The van der Waals surface area contributed by atoms with Crippen LogP contribution in [0.25, 0.3) is 0 Å². The molecular weight excluding hydrogens is 441 g/mol. The Balaban J connectivity index is 1.34. The number of halogens is 3. The maximum atomic E-state index is 12.9. The smallest absolute Gasteiger partial charge is 0.355 e. The van der Waals surface area contributed by atoms with Crippen LogP contribution >= 0.6 is 11.8 Å². The zero-order valence-corrected chi connectivity index (χ0v) is 17.9. The van der Waals surface area contributed by atoms with Gasteiger partial charge in [-0.1, -0.05) is 23.9 Å². The summed E-state index contributed by atoms with van der Waals surface area (Å²) in [4.78, 5) is 24.7. The molecule has 11 heteroatoms. The number of benzene rings is 1. The highest BCUT2D eigenvalue weighted by Gasteiger charge is 2.31. The van der Waals surface area contributed by atoms with Crippen LogP contribution in [0.2, 0.25) is 0 Å². The molecule has 0 unspecified atom stereocenters. The number of aromatic nitrogens is 4. The lowest BCUT2D eigenvalue weighted by Gasteiger charge is -2.23. The first-order valence-corrected chi connectivity index (χ1v) is 11.0. The van der Waals surface area contributed by atoms with Gasteiger partial charge in [-0.15, -0.1) is 0 Å². The van der Waals surface area contributed by atoms with E-state index in [9.17, 15) is 18.0 Å². The molecule has 1 aliphatic rings. The number of carbonyl (C=O) groups excluding carboxylic acids is 1. The SMILES string of the molecule is O=C(c1ccc(CSc2ncn[nH]2)cc1)N1CCCN(c2ccc(C(F)(F)F)cn2)CC1. The third kappa shape index (κ3) is 5.39. The molecule has 0 aliphatic carbocycles. The summed E-state index contributed by atoms with van der Waals surface area (Å²) in [5, 5.41) is 7.34. The molecule has 0 spiro atoms. The van der Waals surface area contributed by atoms with Gasteiger partial charge in [-0.05, 0) is 36.2 Å². The fourth-order valence-corrected chi connectivity index (χ4v) is 4.17. The number of amides is 1. The third-order valence-electron chi connectivity index (χ3n) is 5.15. The van der Waals surface area contributed by atoms with Crippen molar-refractivity contribution in [2.75, 3.05) is 31.1 Å². The number of H-pyrrole nitrogens is 1. The summed E-state index contributed by atoms with van der Waals surface area (Å²) in [6.07, 6.45) is -1.39. The van der Waals surface area contributed by atoms with E-state index >= 15 is 0 Å². The topological polar surface area (TPSA) is 78.0 Å². The molecule has 3 heterocycles. The normalized spacial score (nSPS) is 15.0. The summed E-state index contributed by atoms with van der Waals surface area (Å²) >= 11 is 1.53. The van der Waals surface area contributed by atoms with Crippen molar-refractivity contribution in [3.8, 4) is 0 Å². The number of anilines is 1. The van der Waals surface area contributed by atoms with E-state index in [1.807, 2.05) is 29.2 Å². The van der Waals surface area contributed by atoms with Gasteiger partial charge in [0.2, 0.25) is 0 Å². The van der Waals surface area contributed by atoms with E-state index < -0.39 is 11.7 Å². The predicted octanol–water partition coefficient (Wildman–Crippen LogP) is 3.86. The number of nitrogens with one attached hydrogen (secondary N) is 1. The van der Waals surface area contributed by atoms with Crippen molar-refractivity contribution in [3.63, 3.8) is 0 Å². The Labute approximate surface area is 187 Å². The second kappa shape index (κ2) is 9.60. The second-order valence-electron chi connectivity index (χ2n) is 7.31. The van der Waals surface area contributed by atoms with Crippen LogP contribution in [0, 0.1) is 0 Å². The fourth-order valence-electron chi connectivity index (χ4n) is 3.43. The van der Waals surface area contributed by atoms with E-state index in [4.69, 9.17) is 0 Å². The summed E-state index contributed by atoms with van der Waals surface area (Å²) < 4.78 is 38.3. The van der Waals surface area contributed by atoms with Crippen molar-refractivity contribution < 1.29 is 18.0 Å². The van der Waals surface area contributed by atoms with Crippen molar-refractivity contribution in [1.82, 2.24) is 25.1 Å². The zero-order valence-electron chi connectivity index (χ0n) is 17.0. The Morgan fingerprint density at radius 3 is 2.50 bits per heavy atom. The van der Waals surface area contributed by atoms with E-state index in [2.05, 4.69) is 20.2 Å². The Morgan fingerprint density at radius 1 is 1.03 bits per heavy atom. The maximum absolute atomic E-state index is 12.9. The highest BCUT2D eigenvalue weighted by molar-refractivity contribution is 7.98. The molecule has 1 saturated heterocycles. The highest BCUT2D eigenvalue weighted by atomic mass is 32.2. The number of nitrogens with zero attached hydrogens (tertiary/aromatic N) is 5. The molecule has 3 aromatic rings. The van der Waals surface area contributed by atoms with Gasteiger partial charge in [0, 0.05) is 43.7 Å². The fraction of sp³-hybridized carbons (Fsp3) is 0.333. The van der Waals surface area contributed by atoms with Crippen LogP contribution < -0.4 is 4.90 Å². The minimum atomic E-state index is -4.41. The molecule has 0 radical (unpaired) electrons. The number of hydrogen-bond acceptors (Lipinski definition) is 6. The van der Waals surface area contributed by atoms with Crippen LogP contribution in [0.15, 0.2) is 54.1 Å². The molecule has 168 valence electrons. The van der Waals surface area contributed by atoms with E-state index in [0.29, 0.717) is 49.7 Å². The first kappa shape index (κ1) is 22.1. The van der Waals surface area contributed by atoms with Gasteiger partial charge in [0.1, 0.15) is 12.1 Å². The van der Waals surface area contributed by atoms with Crippen molar-refractivity contribution >= 4 is 23.5 Å². The van der Waals surface area contributed by atoms with Gasteiger partial charge < -0.3 is 9.80 Å². The van der Waals surface area contributed by atoms with Gasteiger partial charge in [-0.3, -0.25) is 9.89 Å². The molecule has 1 fully saturated rings. The van der Waals surface area contributed by atoms with Crippen LogP contribution in [0.1, 0.15) is 27.9 Å². The lowest BCUT2D eigenvalue weighted by molar-refractivity contribution is -0.137. The molecule has 4 rings (SSSR count). The largest absolute Gasteiger partial charge is 0.417 e. The standard InChI is InChI=1S/C21H21F3N6OS/c22-21(23,24)17-6-7-18(25-12-17)29-8-1-9-30(11-10-29)19(31)16-4-2-15(3-5-16)13-32-20-26-14-27-28-20/h2-7,12,14H,1,8-11,13H2,(H,26,27,28). The number of thioether (sulfide) groups is 1. The quantitative estimate of drug-likeness (QED) is 0.580. The minimum absolute atomic E-state index is 0.0540. The molecular formula is C21H21F3N6OS. The van der Waals surface area contributed by atoms with Crippen molar-refractivity contribution in [2.45, 2.75) is 23.5 Å². The summed E-state index contributed by atoms with van der Waals surface area (Å²) in [6, 6.07) is 9.91. The summed E-state index contributed by atoms with van der Waals surface area (Å²) in [6.45, 7) is 2.19. The van der Waals surface area contributed by atoms with Gasteiger partial charge in [0.05, 0.1) is 5.56 Å². The number of hydrogen-bond donors (Lipinski definition) is 1. The lowest BCUT2D eigenvalue weighted by Crippen LogP contribution is -2.35. The van der Waals surface area contributed by atoms with E-state index in [1.54, 1.807) is 4.90 Å². The third-order valence-corrected chi connectivity index (χ3v) is 6.10. The average molecular weight is 463 g/mol. The Bertz CT molecular complexity index is 1030. The van der Waals surface area contributed by atoms with Gasteiger partial charge in [-0.25, -0.2) is 9.97 Å². The van der Waals surface area contributed by atoms with Gasteiger partial charge in [0.15, 0.2) is 5.16 Å². The predicted molar refractivity (Wildman–Crippen MR) is 114 cm³/mol. The molecule has 7 nitrogen and oxygen atoms in total. The molecule has 1 N–H and O–H groups in total. The molecule has 0 bridgehead atoms. The Morgan fingerprint density at radius 2 is 1.84 bits per heavy atom. The minimum Gasteiger partial charge on any atom is -0.355 e. The molecule has 1 aromatic carbocycles. The van der Waals surface area contributed by atoms with Crippen LogP contribution in [0.5, 0.6) is 0 Å². The van der Waals surface area contributed by atoms with Gasteiger partial charge in [-0.2, -0.15) is 18.3 Å². The van der Waals surface area contributed by atoms with Crippen LogP contribution in [0.4, 0.5) is 19.0 Å². The van der Waals surface area contributed by atoms with Crippen LogP contribution in [-0.4, -0.2) is 57.2 Å². The number of rotatable bonds is 5. The molecule has 0 saturated carbocycles. The van der Waals surface area contributed by atoms with Crippen LogP contribution in [0.3, 0.4) is 0 Å². The van der Waals surface area contributed by atoms with Gasteiger partial charge in [0.25, 0.3) is 5.91 Å². The molecule has 32 heavy (non-hydrogen) atoms. The highest BCUT2D eigenvalue weighted by Crippen LogP contribution is 2.29. The van der Waals surface area contributed by atoms with Crippen molar-refractivity contribution in [2.24, 2.45) is 0 Å². The number of carbonyl (C=O) groups is 1. The lowest BCUT2D eigenvalue weighted by atomic mass is 10.1. The first-order valence-electron chi connectivity index (χ1n) is 10.0. The monoisotopic (exact) mass is 462 g/mol. The molecule has 2 aromatic heterocycles. The zero-order chi connectivity index (χ0) is 22.6. The number of aromatic amines is 1. The molecule has 1 amide bonds. The Kier molecular flexibility index (Phi) is 6.63. The number of pyridine rings is 1. The van der Waals surface area contributed by atoms with Crippen molar-refractivity contribution in [1.29, 1.82) is 0 Å². The maximum Gasteiger partial charge on any atom is 0.417 e. The molecule has 1 aliphatic heterocycles. The molecule has 0 atom stereocenters. The summed E-state index contributed by atoms with van der Waals surface area (Å²) in [5.74, 6) is 1.14. The number of alkyl halides is 3. The summed E-state index contributed by atoms with van der Waals surface area (Å²) in [7, 11) is 0. The second-order valence-corrected chi connectivity index (χ2v) is 8.28.